The largest absolute Gasteiger partial charge is 0.399 e. The first kappa shape index (κ1) is 14.2. The van der Waals surface area contributed by atoms with Crippen molar-refractivity contribution < 1.29 is 4.79 Å². The molecule has 5 N–H and O–H groups in total. The molecule has 0 radical (unpaired) electrons. The highest BCUT2D eigenvalue weighted by atomic mass is 35.5. The number of nitrogens with two attached hydrogens (primary N) is 2. The van der Waals surface area contributed by atoms with Gasteiger partial charge in [0, 0.05) is 17.9 Å². The molecule has 0 unspecified atom stereocenters. The van der Waals surface area contributed by atoms with Crippen LogP contribution in [0.3, 0.4) is 0 Å². The number of benzene rings is 2. The zero-order chi connectivity index (χ0) is 14.7. The third-order valence-electron chi connectivity index (χ3n) is 3.22. The third kappa shape index (κ3) is 2.86. The number of hydrogen-bond acceptors (Lipinski definition) is 3. The molecule has 0 aliphatic rings. The van der Waals surface area contributed by atoms with Crippen LogP contribution >= 0.6 is 11.6 Å². The van der Waals surface area contributed by atoms with E-state index in [-0.39, 0.29) is 0 Å². The number of primary amides is 1. The van der Waals surface area contributed by atoms with Crippen LogP contribution in [0.1, 0.15) is 21.5 Å². The molecule has 4 nitrogen and oxygen atoms in total. The molecule has 0 bridgehead atoms. The number of anilines is 2. The van der Waals surface area contributed by atoms with Gasteiger partial charge in [-0.25, -0.2) is 0 Å². The Morgan fingerprint density at radius 3 is 2.65 bits per heavy atom. The van der Waals surface area contributed by atoms with Crippen molar-refractivity contribution in [2.45, 2.75) is 13.5 Å². The Hall–Kier alpha value is -2.20. The summed E-state index contributed by atoms with van der Waals surface area (Å²) in [5, 5.41) is 3.52. The minimum atomic E-state index is -0.553. The monoisotopic (exact) mass is 289 g/mol. The van der Waals surface area contributed by atoms with Gasteiger partial charge in [0.1, 0.15) is 0 Å². The number of rotatable bonds is 4. The lowest BCUT2D eigenvalue weighted by molar-refractivity contribution is 0.100. The van der Waals surface area contributed by atoms with Crippen LogP contribution in [-0.2, 0) is 6.54 Å². The summed E-state index contributed by atoms with van der Waals surface area (Å²) in [6.45, 7) is 2.50. The molecule has 20 heavy (non-hydrogen) atoms. The highest BCUT2D eigenvalue weighted by Crippen LogP contribution is 2.25. The fourth-order valence-corrected chi connectivity index (χ4v) is 2.27. The minimum Gasteiger partial charge on any atom is -0.399 e. The molecular weight excluding hydrogens is 274 g/mol. The van der Waals surface area contributed by atoms with Gasteiger partial charge in [-0.2, -0.15) is 0 Å². The predicted octanol–water partition coefficient (Wildman–Crippen LogP) is 2.94. The molecule has 0 saturated heterocycles. The third-order valence-corrected chi connectivity index (χ3v) is 3.53. The normalized spacial score (nSPS) is 10.3. The molecule has 0 spiro atoms. The number of hydrogen-bond donors (Lipinski definition) is 3. The van der Waals surface area contributed by atoms with Crippen LogP contribution in [0.4, 0.5) is 11.4 Å². The van der Waals surface area contributed by atoms with Crippen molar-refractivity contribution >= 4 is 28.9 Å². The maximum Gasteiger partial charge on any atom is 0.252 e. The van der Waals surface area contributed by atoms with Crippen LogP contribution in [0.2, 0.25) is 5.02 Å². The number of carbonyl (C=O) groups is 1. The molecule has 0 saturated carbocycles. The average molecular weight is 290 g/mol. The lowest BCUT2D eigenvalue weighted by atomic mass is 10.1. The topological polar surface area (TPSA) is 81.1 Å². The molecule has 5 heteroatoms. The zero-order valence-corrected chi connectivity index (χ0v) is 11.9. The first-order chi connectivity index (χ1) is 9.50. The van der Waals surface area contributed by atoms with E-state index in [9.17, 15) is 4.79 Å². The SMILES string of the molecule is Cc1c(N)cccc1CNc1cccc(Cl)c1C(N)=O. The van der Waals surface area contributed by atoms with Crippen LogP contribution in [0, 0.1) is 6.92 Å². The standard InChI is InChI=1S/C15H16ClN3O/c1-9-10(4-2-6-12(9)17)8-19-13-7-3-5-11(16)14(13)15(18)20/h2-7,19H,8,17H2,1H3,(H2,18,20). The maximum absolute atomic E-state index is 11.5. The first-order valence-corrected chi connectivity index (χ1v) is 6.54. The number of carbonyl (C=O) groups excluding carboxylic acids is 1. The van der Waals surface area contributed by atoms with Gasteiger partial charge in [-0.05, 0) is 36.2 Å². The van der Waals surface area contributed by atoms with Crippen molar-refractivity contribution in [3.8, 4) is 0 Å². The maximum atomic E-state index is 11.5. The van der Waals surface area contributed by atoms with E-state index >= 15 is 0 Å². The molecule has 0 fully saturated rings. The minimum absolute atomic E-state index is 0.302. The molecule has 0 aromatic heterocycles. The van der Waals surface area contributed by atoms with Gasteiger partial charge in [-0.1, -0.05) is 29.8 Å². The molecule has 0 atom stereocenters. The van der Waals surface area contributed by atoms with E-state index in [0.29, 0.717) is 22.8 Å². The van der Waals surface area contributed by atoms with Gasteiger partial charge in [0.05, 0.1) is 10.6 Å². The Bertz CT molecular complexity index is 656. The van der Waals surface area contributed by atoms with E-state index in [4.69, 9.17) is 23.1 Å². The van der Waals surface area contributed by atoms with Crippen molar-refractivity contribution in [1.82, 2.24) is 0 Å². The summed E-state index contributed by atoms with van der Waals surface area (Å²) in [4.78, 5) is 11.5. The number of nitrogens with one attached hydrogen (secondary N) is 1. The van der Waals surface area contributed by atoms with Crippen LogP contribution in [0.25, 0.3) is 0 Å². The molecule has 2 aromatic rings. The molecule has 1 amide bonds. The summed E-state index contributed by atoms with van der Waals surface area (Å²) >= 11 is 6.00. The van der Waals surface area contributed by atoms with Crippen LogP contribution < -0.4 is 16.8 Å². The van der Waals surface area contributed by atoms with E-state index in [1.165, 1.54) is 0 Å². The summed E-state index contributed by atoms with van der Waals surface area (Å²) < 4.78 is 0. The van der Waals surface area contributed by atoms with Gasteiger partial charge < -0.3 is 16.8 Å². The van der Waals surface area contributed by atoms with Gasteiger partial charge in [-0.3, -0.25) is 4.79 Å². The molecule has 0 aliphatic heterocycles. The second-order valence-electron chi connectivity index (χ2n) is 4.51. The lowest BCUT2D eigenvalue weighted by Crippen LogP contribution is -2.15. The summed E-state index contributed by atoms with van der Waals surface area (Å²) in [7, 11) is 0. The van der Waals surface area contributed by atoms with Gasteiger partial charge in [0.2, 0.25) is 0 Å². The number of amides is 1. The van der Waals surface area contributed by atoms with E-state index in [2.05, 4.69) is 5.32 Å². The smallest absolute Gasteiger partial charge is 0.252 e. The summed E-state index contributed by atoms with van der Waals surface area (Å²) in [5.41, 5.74) is 15.0. The van der Waals surface area contributed by atoms with E-state index in [1.54, 1.807) is 18.2 Å². The van der Waals surface area contributed by atoms with E-state index in [1.807, 2.05) is 25.1 Å². The predicted molar refractivity (Wildman–Crippen MR) is 82.9 cm³/mol. The second-order valence-corrected chi connectivity index (χ2v) is 4.92. The fourth-order valence-electron chi connectivity index (χ4n) is 2.01. The van der Waals surface area contributed by atoms with Crippen molar-refractivity contribution in [3.05, 3.63) is 58.1 Å². The molecule has 0 aliphatic carbocycles. The summed E-state index contributed by atoms with van der Waals surface area (Å²) in [5.74, 6) is -0.553. The van der Waals surface area contributed by atoms with Crippen LogP contribution in [0.5, 0.6) is 0 Å². The Balaban J connectivity index is 2.26. The van der Waals surface area contributed by atoms with Crippen LogP contribution in [0.15, 0.2) is 36.4 Å². The Morgan fingerprint density at radius 2 is 1.95 bits per heavy atom. The van der Waals surface area contributed by atoms with Crippen LogP contribution in [-0.4, -0.2) is 5.91 Å². The molecule has 0 heterocycles. The van der Waals surface area contributed by atoms with Crippen molar-refractivity contribution in [3.63, 3.8) is 0 Å². The van der Waals surface area contributed by atoms with Crippen molar-refractivity contribution in [2.75, 3.05) is 11.1 Å². The second kappa shape index (κ2) is 5.84. The van der Waals surface area contributed by atoms with Gasteiger partial charge in [0.15, 0.2) is 0 Å². The Morgan fingerprint density at radius 1 is 1.25 bits per heavy atom. The van der Waals surface area contributed by atoms with E-state index < -0.39 is 5.91 Å². The molecule has 104 valence electrons. The summed E-state index contributed by atoms with van der Waals surface area (Å²) in [6.07, 6.45) is 0. The highest BCUT2D eigenvalue weighted by molar-refractivity contribution is 6.34. The van der Waals surface area contributed by atoms with E-state index in [0.717, 1.165) is 16.8 Å². The quantitative estimate of drug-likeness (QED) is 0.757. The Kier molecular flexibility index (Phi) is 4.15. The lowest BCUT2D eigenvalue weighted by Gasteiger charge is -2.13. The average Bonchev–Trinajstić information content (AvgIpc) is 2.40. The number of halogens is 1. The van der Waals surface area contributed by atoms with Crippen molar-refractivity contribution in [2.24, 2.45) is 5.73 Å². The van der Waals surface area contributed by atoms with Gasteiger partial charge in [0.25, 0.3) is 5.91 Å². The van der Waals surface area contributed by atoms with Crippen molar-refractivity contribution in [1.29, 1.82) is 0 Å². The zero-order valence-electron chi connectivity index (χ0n) is 11.1. The van der Waals surface area contributed by atoms with Gasteiger partial charge in [-0.15, -0.1) is 0 Å². The molecule has 2 aromatic carbocycles. The highest BCUT2D eigenvalue weighted by Gasteiger charge is 2.12. The van der Waals surface area contributed by atoms with Gasteiger partial charge >= 0.3 is 0 Å². The first-order valence-electron chi connectivity index (χ1n) is 6.17. The molecular formula is C15H16ClN3O. The Labute approximate surface area is 122 Å². The molecule has 2 rings (SSSR count). The summed E-state index contributed by atoms with van der Waals surface area (Å²) in [6, 6.07) is 10.9. The number of nitrogen functional groups attached to an aromatic ring is 1. The fraction of sp³-hybridized carbons (Fsp3) is 0.133.